The van der Waals surface area contributed by atoms with Gasteiger partial charge in [0.2, 0.25) is 12.5 Å². The number of aryl methyl sites for hydroxylation is 2. The van der Waals surface area contributed by atoms with Crippen LogP contribution in [-0.2, 0) is 24.3 Å². The summed E-state index contributed by atoms with van der Waals surface area (Å²) in [7, 11) is 1.63. The van der Waals surface area contributed by atoms with Crippen molar-refractivity contribution in [3.05, 3.63) is 35.2 Å². The molecule has 0 amide bonds. The summed E-state index contributed by atoms with van der Waals surface area (Å²) in [5, 5.41) is 12.2. The molecule has 150 valence electrons. The molecule has 1 aromatic heterocycles. The summed E-state index contributed by atoms with van der Waals surface area (Å²) in [6.07, 6.45) is 3.65. The molecule has 2 aromatic rings. The molecule has 0 bridgehead atoms. The van der Waals surface area contributed by atoms with E-state index in [9.17, 15) is 0 Å². The second kappa shape index (κ2) is 8.10. The monoisotopic (exact) mass is 386 g/mol. The molecule has 2 aliphatic heterocycles. The van der Waals surface area contributed by atoms with Crippen molar-refractivity contribution in [3.63, 3.8) is 0 Å². The van der Waals surface area contributed by atoms with Crippen molar-refractivity contribution in [1.82, 2.24) is 15.1 Å². The first-order chi connectivity index (χ1) is 13.7. The van der Waals surface area contributed by atoms with E-state index < -0.39 is 0 Å². The fourth-order valence-corrected chi connectivity index (χ4v) is 3.50. The fraction of sp³-hybridized carbons (Fsp3) is 0.500. The van der Waals surface area contributed by atoms with E-state index in [1.54, 1.807) is 7.11 Å². The summed E-state index contributed by atoms with van der Waals surface area (Å²) < 4.78 is 18.3. The lowest BCUT2D eigenvalue weighted by Gasteiger charge is -2.11. The van der Waals surface area contributed by atoms with Gasteiger partial charge in [-0.15, -0.1) is 0 Å². The van der Waals surface area contributed by atoms with Crippen molar-refractivity contribution in [2.45, 2.75) is 45.9 Å². The van der Waals surface area contributed by atoms with E-state index in [0.717, 1.165) is 48.6 Å². The van der Waals surface area contributed by atoms with Gasteiger partial charge in [-0.05, 0) is 31.5 Å². The van der Waals surface area contributed by atoms with Crippen LogP contribution < -0.4 is 19.5 Å². The van der Waals surface area contributed by atoms with Crippen LogP contribution in [0.5, 0.6) is 17.2 Å². The predicted molar refractivity (Wildman–Crippen MR) is 104 cm³/mol. The Morgan fingerprint density at radius 3 is 2.96 bits per heavy atom. The Kier molecular flexibility index (Phi) is 5.38. The second-order valence-corrected chi connectivity index (χ2v) is 7.02. The zero-order valence-corrected chi connectivity index (χ0v) is 16.5. The number of benzene rings is 1. The number of rotatable bonds is 8. The van der Waals surface area contributed by atoms with E-state index in [-0.39, 0.29) is 12.9 Å². The summed E-state index contributed by atoms with van der Waals surface area (Å²) in [4.78, 5) is 5.63. The molecule has 2 aliphatic rings. The maximum atomic E-state index is 5.63. The van der Waals surface area contributed by atoms with E-state index in [4.69, 9.17) is 19.0 Å². The minimum atomic E-state index is 0.0199. The van der Waals surface area contributed by atoms with Gasteiger partial charge in [0.15, 0.2) is 11.5 Å². The Bertz CT molecular complexity index is 877. The summed E-state index contributed by atoms with van der Waals surface area (Å²) >= 11 is 0. The predicted octanol–water partition coefficient (Wildman–Crippen LogP) is 2.43. The van der Waals surface area contributed by atoms with Crippen LogP contribution in [0.25, 0.3) is 0 Å². The molecule has 1 N–H and O–H groups in total. The van der Waals surface area contributed by atoms with Gasteiger partial charge >= 0.3 is 0 Å². The number of fused-ring (bicyclic) bond motifs is 1. The Morgan fingerprint density at radius 2 is 2.18 bits per heavy atom. The largest absolute Gasteiger partial charge is 0.493 e. The van der Waals surface area contributed by atoms with Crippen LogP contribution in [0.3, 0.4) is 0 Å². The molecule has 28 heavy (non-hydrogen) atoms. The van der Waals surface area contributed by atoms with Gasteiger partial charge in [0.1, 0.15) is 6.10 Å². The number of nitrogens with one attached hydrogen (secondary N) is 1. The molecule has 0 unspecified atom stereocenters. The van der Waals surface area contributed by atoms with Gasteiger partial charge < -0.3 is 24.4 Å². The smallest absolute Gasteiger partial charge is 0.231 e. The van der Waals surface area contributed by atoms with Crippen molar-refractivity contribution in [3.8, 4) is 17.2 Å². The minimum Gasteiger partial charge on any atom is -0.493 e. The maximum Gasteiger partial charge on any atom is 0.231 e. The summed E-state index contributed by atoms with van der Waals surface area (Å²) in [5.74, 6) is 2.08. The number of hydrogen-bond donors (Lipinski definition) is 1. The topological polar surface area (TPSA) is 79.1 Å². The molecular formula is C20H26N4O4. The van der Waals surface area contributed by atoms with E-state index >= 15 is 0 Å². The highest BCUT2D eigenvalue weighted by molar-refractivity contribution is 5.87. The third kappa shape index (κ3) is 3.91. The van der Waals surface area contributed by atoms with Crippen LogP contribution in [0.15, 0.2) is 23.5 Å². The highest BCUT2D eigenvalue weighted by Crippen LogP contribution is 2.42. The molecule has 4 rings (SSSR count). The number of nitrogens with zero attached hydrogens (tertiary/aromatic N) is 3. The van der Waals surface area contributed by atoms with Crippen molar-refractivity contribution in [1.29, 1.82) is 0 Å². The Labute approximate surface area is 164 Å². The van der Waals surface area contributed by atoms with Crippen molar-refractivity contribution < 1.29 is 19.0 Å². The second-order valence-electron chi connectivity index (χ2n) is 7.02. The minimum absolute atomic E-state index is 0.0199. The zero-order valence-electron chi connectivity index (χ0n) is 16.5. The number of oxime groups is 1. The molecule has 0 radical (unpaired) electrons. The molecule has 0 spiro atoms. The van der Waals surface area contributed by atoms with Crippen LogP contribution >= 0.6 is 0 Å². The van der Waals surface area contributed by atoms with Crippen LogP contribution in [0.2, 0.25) is 0 Å². The maximum absolute atomic E-state index is 5.63. The van der Waals surface area contributed by atoms with Crippen LogP contribution in [0.1, 0.15) is 30.2 Å². The number of methoxy groups -OCH3 is 1. The van der Waals surface area contributed by atoms with E-state index in [1.807, 2.05) is 23.7 Å². The van der Waals surface area contributed by atoms with Crippen molar-refractivity contribution >= 4 is 5.71 Å². The van der Waals surface area contributed by atoms with Crippen LogP contribution in [0, 0.1) is 6.92 Å². The first-order valence-corrected chi connectivity index (χ1v) is 9.58. The van der Waals surface area contributed by atoms with Crippen molar-refractivity contribution in [2.24, 2.45) is 5.16 Å². The van der Waals surface area contributed by atoms with E-state index in [1.165, 1.54) is 5.56 Å². The molecule has 8 nitrogen and oxygen atoms in total. The lowest BCUT2D eigenvalue weighted by atomic mass is 10.0. The molecule has 1 atom stereocenters. The summed E-state index contributed by atoms with van der Waals surface area (Å²) in [5.41, 5.74) is 4.38. The Balaban J connectivity index is 1.28. The Hall–Kier alpha value is -2.74. The SMILES string of the molecule is CCn1cc(CNCC2=NO[C@@H](Cc3cc(OC)c4c(c3)OCO4)C2)c(C)n1. The lowest BCUT2D eigenvalue weighted by Crippen LogP contribution is -2.23. The van der Waals surface area contributed by atoms with Crippen molar-refractivity contribution in [2.75, 3.05) is 20.4 Å². The third-order valence-electron chi connectivity index (χ3n) is 4.99. The zero-order chi connectivity index (χ0) is 19.5. The van der Waals surface area contributed by atoms with Crippen LogP contribution in [0.4, 0.5) is 0 Å². The molecular weight excluding hydrogens is 360 g/mol. The van der Waals surface area contributed by atoms with Gasteiger partial charge in [-0.1, -0.05) is 5.16 Å². The third-order valence-corrected chi connectivity index (χ3v) is 4.99. The molecule has 1 aromatic carbocycles. The molecule has 8 heteroatoms. The number of ether oxygens (including phenoxy) is 3. The quantitative estimate of drug-likeness (QED) is 0.751. The van der Waals surface area contributed by atoms with Gasteiger partial charge in [-0.3, -0.25) is 4.68 Å². The molecule has 0 fully saturated rings. The molecule has 0 saturated heterocycles. The lowest BCUT2D eigenvalue weighted by molar-refractivity contribution is 0.0858. The van der Waals surface area contributed by atoms with Gasteiger partial charge in [-0.25, -0.2) is 0 Å². The number of hydrogen-bond acceptors (Lipinski definition) is 7. The highest BCUT2D eigenvalue weighted by atomic mass is 16.7. The van der Waals surface area contributed by atoms with Gasteiger partial charge in [0, 0.05) is 44.2 Å². The van der Waals surface area contributed by atoms with E-state index in [2.05, 4.69) is 28.7 Å². The average molecular weight is 386 g/mol. The summed E-state index contributed by atoms with van der Waals surface area (Å²) in [6, 6.07) is 3.96. The van der Waals surface area contributed by atoms with E-state index in [0.29, 0.717) is 18.0 Å². The van der Waals surface area contributed by atoms with Gasteiger partial charge in [0.25, 0.3) is 0 Å². The first-order valence-electron chi connectivity index (χ1n) is 9.58. The first kappa shape index (κ1) is 18.6. The normalized spacial score (nSPS) is 17.5. The van der Waals surface area contributed by atoms with Gasteiger partial charge in [-0.2, -0.15) is 5.10 Å². The number of aromatic nitrogens is 2. The fourth-order valence-electron chi connectivity index (χ4n) is 3.50. The van der Waals surface area contributed by atoms with Gasteiger partial charge in [0.05, 0.1) is 18.5 Å². The summed E-state index contributed by atoms with van der Waals surface area (Å²) in [6.45, 7) is 6.71. The Morgan fingerprint density at radius 1 is 1.29 bits per heavy atom. The average Bonchev–Trinajstić information content (AvgIpc) is 3.42. The van der Waals surface area contributed by atoms with Crippen LogP contribution in [-0.4, -0.2) is 42.0 Å². The molecule has 0 aliphatic carbocycles. The molecule has 0 saturated carbocycles. The molecule has 3 heterocycles. The standard InChI is InChI=1S/C20H26N4O4/c1-4-24-11-15(13(2)22-24)9-21-10-16-8-17(28-23-16)5-14-6-18(25-3)20-19(7-14)26-12-27-20/h6-7,11,17,21H,4-5,8-10,12H2,1-3H3/t17-/m0/s1. The highest BCUT2D eigenvalue weighted by Gasteiger charge is 2.25.